The molecule has 5 heteroatoms. The van der Waals surface area contributed by atoms with Crippen LogP contribution in [0, 0.1) is 11.3 Å². The number of benzene rings is 2. The molecule has 0 aromatic heterocycles. The zero-order chi connectivity index (χ0) is 22.4. The molecule has 0 spiro atoms. The van der Waals surface area contributed by atoms with Crippen molar-refractivity contribution in [1.29, 1.82) is 5.26 Å². The molecule has 1 heterocycles. The fourth-order valence-corrected chi connectivity index (χ4v) is 4.17. The minimum absolute atomic E-state index is 0.355. The summed E-state index contributed by atoms with van der Waals surface area (Å²) in [5.41, 5.74) is 3.38. The fraction of sp³-hybridized carbons (Fsp3) is 0.346. The first-order chi connectivity index (χ1) is 15.0. The summed E-state index contributed by atoms with van der Waals surface area (Å²) in [6.45, 7) is 7.71. The number of nitriles is 1. The van der Waals surface area contributed by atoms with Crippen molar-refractivity contribution >= 4 is 17.7 Å². The number of likely N-dealkylation sites (N-methyl/N-ethyl adjacent to an activating group) is 2. The minimum atomic E-state index is -0.355. The monoisotopic (exact) mass is 413 g/mol. The van der Waals surface area contributed by atoms with Crippen LogP contribution in [0.3, 0.4) is 0 Å². The van der Waals surface area contributed by atoms with E-state index < -0.39 is 0 Å². The van der Waals surface area contributed by atoms with Crippen molar-refractivity contribution in [3.05, 3.63) is 77.0 Å². The molecule has 0 saturated carbocycles. The molecule has 1 fully saturated rings. The summed E-state index contributed by atoms with van der Waals surface area (Å²) in [5, 5.41) is 9.56. The van der Waals surface area contributed by atoms with Gasteiger partial charge in [-0.05, 0) is 44.0 Å². The summed E-state index contributed by atoms with van der Waals surface area (Å²) < 4.78 is 0. The van der Waals surface area contributed by atoms with Crippen LogP contribution in [-0.2, 0) is 6.42 Å². The van der Waals surface area contributed by atoms with E-state index in [9.17, 15) is 5.26 Å². The van der Waals surface area contributed by atoms with Crippen LogP contribution in [0.15, 0.2) is 70.3 Å². The van der Waals surface area contributed by atoms with Gasteiger partial charge in [-0.2, -0.15) is 5.26 Å². The highest BCUT2D eigenvalue weighted by Gasteiger charge is 2.45. The van der Waals surface area contributed by atoms with E-state index in [4.69, 9.17) is 9.98 Å². The molecule has 2 aromatic carbocycles. The predicted molar refractivity (Wildman–Crippen MR) is 129 cm³/mol. The van der Waals surface area contributed by atoms with Crippen molar-refractivity contribution in [2.24, 2.45) is 9.98 Å². The molecule has 0 N–H and O–H groups in total. The lowest BCUT2D eigenvalue weighted by atomic mass is 9.86. The highest BCUT2D eigenvalue weighted by molar-refractivity contribution is 6.13. The molecule has 3 rings (SSSR count). The number of hydrogen-bond donors (Lipinski definition) is 0. The standard InChI is InChI=1S/C26H31N5/c1-6-28-24-23(17-21-15-11-12-16-22(21)19-27)30(4)25(29-7-2)26(3,31(24)5)18-20-13-9-8-10-14-20/h8-17H,6-7,18H2,1-5H3/b23-17-,28-24?,29-25?. The molecule has 1 aliphatic heterocycles. The van der Waals surface area contributed by atoms with Gasteiger partial charge in [0.05, 0.1) is 17.3 Å². The van der Waals surface area contributed by atoms with Gasteiger partial charge in [0.25, 0.3) is 0 Å². The maximum Gasteiger partial charge on any atom is 0.148 e. The van der Waals surface area contributed by atoms with Crippen LogP contribution >= 0.6 is 0 Å². The van der Waals surface area contributed by atoms with E-state index >= 15 is 0 Å². The molecule has 160 valence electrons. The summed E-state index contributed by atoms with van der Waals surface area (Å²) in [6.07, 6.45) is 2.87. The first kappa shape index (κ1) is 22.3. The molecule has 1 atom stereocenters. The van der Waals surface area contributed by atoms with Crippen molar-refractivity contribution in [2.45, 2.75) is 32.7 Å². The smallest absolute Gasteiger partial charge is 0.148 e. The van der Waals surface area contributed by atoms with Crippen molar-refractivity contribution in [2.75, 3.05) is 27.2 Å². The number of hydrogen-bond acceptors (Lipinski definition) is 3. The molecule has 31 heavy (non-hydrogen) atoms. The number of rotatable bonds is 5. The van der Waals surface area contributed by atoms with Gasteiger partial charge in [-0.25, -0.2) is 0 Å². The first-order valence-corrected chi connectivity index (χ1v) is 10.8. The van der Waals surface area contributed by atoms with Crippen LogP contribution in [-0.4, -0.2) is 54.2 Å². The molecule has 0 amide bonds. The second-order valence-electron chi connectivity index (χ2n) is 7.88. The van der Waals surface area contributed by atoms with Crippen LogP contribution in [0.1, 0.15) is 37.5 Å². The summed E-state index contributed by atoms with van der Waals surface area (Å²) in [5.74, 6) is 1.91. The Kier molecular flexibility index (Phi) is 6.91. The van der Waals surface area contributed by atoms with E-state index in [0.29, 0.717) is 18.7 Å². The Morgan fingerprint density at radius 3 is 2.26 bits per heavy atom. The predicted octanol–water partition coefficient (Wildman–Crippen LogP) is 4.61. The summed E-state index contributed by atoms with van der Waals surface area (Å²) in [4.78, 5) is 14.2. The van der Waals surface area contributed by atoms with Gasteiger partial charge in [0.1, 0.15) is 17.2 Å². The molecule has 0 aliphatic carbocycles. The first-order valence-electron chi connectivity index (χ1n) is 10.8. The molecule has 0 radical (unpaired) electrons. The van der Waals surface area contributed by atoms with E-state index in [1.54, 1.807) is 0 Å². The van der Waals surface area contributed by atoms with Crippen LogP contribution in [0.5, 0.6) is 0 Å². The zero-order valence-corrected chi connectivity index (χ0v) is 19.1. The SMILES string of the molecule is CCN=C1/C(=C/c2ccccc2C#N)N(C)C(=NCC)C(C)(Cc2ccccc2)N1C. The maximum atomic E-state index is 9.56. The van der Waals surface area contributed by atoms with Crippen molar-refractivity contribution in [1.82, 2.24) is 9.80 Å². The molecule has 1 unspecified atom stereocenters. The third-order valence-corrected chi connectivity index (χ3v) is 5.83. The van der Waals surface area contributed by atoms with Crippen LogP contribution in [0.4, 0.5) is 0 Å². The molecule has 1 saturated heterocycles. The molecule has 0 bridgehead atoms. The quantitative estimate of drug-likeness (QED) is 0.719. The lowest BCUT2D eigenvalue weighted by Gasteiger charge is -2.50. The van der Waals surface area contributed by atoms with Gasteiger partial charge in [-0.3, -0.25) is 9.98 Å². The van der Waals surface area contributed by atoms with Gasteiger partial charge in [0.15, 0.2) is 0 Å². The third kappa shape index (κ3) is 4.39. The average molecular weight is 414 g/mol. The Morgan fingerprint density at radius 2 is 1.61 bits per heavy atom. The van der Waals surface area contributed by atoms with Gasteiger partial charge in [0.2, 0.25) is 0 Å². The van der Waals surface area contributed by atoms with Crippen LogP contribution in [0.2, 0.25) is 0 Å². The molecular weight excluding hydrogens is 382 g/mol. The van der Waals surface area contributed by atoms with E-state index in [1.165, 1.54) is 5.56 Å². The highest BCUT2D eigenvalue weighted by atomic mass is 15.4. The number of piperazine rings is 1. The normalized spacial score (nSPS) is 22.9. The Hall–Kier alpha value is -3.39. The summed E-state index contributed by atoms with van der Waals surface area (Å²) in [7, 11) is 4.15. The Labute approximate surface area is 186 Å². The third-order valence-electron chi connectivity index (χ3n) is 5.83. The van der Waals surface area contributed by atoms with E-state index in [0.717, 1.165) is 29.4 Å². The van der Waals surface area contributed by atoms with E-state index in [-0.39, 0.29) is 5.54 Å². The topological polar surface area (TPSA) is 55.0 Å². The summed E-state index contributed by atoms with van der Waals surface area (Å²) in [6, 6.07) is 20.5. The molecule has 5 nitrogen and oxygen atoms in total. The summed E-state index contributed by atoms with van der Waals surface area (Å²) >= 11 is 0. The van der Waals surface area contributed by atoms with E-state index in [1.807, 2.05) is 37.3 Å². The average Bonchev–Trinajstić information content (AvgIpc) is 2.78. The van der Waals surface area contributed by atoms with Gasteiger partial charge >= 0.3 is 0 Å². The molecule has 2 aromatic rings. The molecular formula is C26H31N5. The highest BCUT2D eigenvalue weighted by Crippen LogP contribution is 2.33. The second kappa shape index (κ2) is 9.61. The van der Waals surface area contributed by atoms with Crippen molar-refractivity contribution < 1.29 is 0 Å². The Balaban J connectivity index is 2.17. The number of amidine groups is 2. The second-order valence-corrected chi connectivity index (χ2v) is 7.88. The van der Waals surface area contributed by atoms with E-state index in [2.05, 4.69) is 74.2 Å². The van der Waals surface area contributed by atoms with Crippen LogP contribution in [0.25, 0.3) is 6.08 Å². The molecule has 1 aliphatic rings. The lowest BCUT2D eigenvalue weighted by molar-refractivity contribution is 0.272. The Bertz CT molecular complexity index is 1040. The van der Waals surface area contributed by atoms with Gasteiger partial charge < -0.3 is 9.80 Å². The van der Waals surface area contributed by atoms with Gasteiger partial charge in [-0.15, -0.1) is 0 Å². The fourth-order valence-electron chi connectivity index (χ4n) is 4.17. The van der Waals surface area contributed by atoms with Gasteiger partial charge in [0, 0.05) is 33.6 Å². The van der Waals surface area contributed by atoms with Gasteiger partial charge in [-0.1, -0.05) is 48.5 Å². The van der Waals surface area contributed by atoms with Crippen LogP contribution < -0.4 is 0 Å². The number of nitrogens with zero attached hydrogens (tertiary/aromatic N) is 5. The van der Waals surface area contributed by atoms with Crippen molar-refractivity contribution in [3.8, 4) is 6.07 Å². The number of aliphatic imine (C=N–C) groups is 2. The maximum absolute atomic E-state index is 9.56. The lowest BCUT2D eigenvalue weighted by Crippen LogP contribution is -2.64. The minimum Gasteiger partial charge on any atom is -0.345 e. The van der Waals surface area contributed by atoms with Crippen molar-refractivity contribution in [3.63, 3.8) is 0 Å². The zero-order valence-electron chi connectivity index (χ0n) is 19.1. The largest absolute Gasteiger partial charge is 0.345 e. The Morgan fingerprint density at radius 1 is 0.968 bits per heavy atom.